The first kappa shape index (κ1) is 25.7. The molecule has 0 saturated carbocycles. The number of halogens is 3. The Hall–Kier alpha value is -2.54. The summed E-state index contributed by atoms with van der Waals surface area (Å²) in [6.07, 6.45) is -3.99. The summed E-state index contributed by atoms with van der Waals surface area (Å²) >= 11 is 0. The third-order valence-corrected chi connectivity index (χ3v) is 5.10. The van der Waals surface area contributed by atoms with Crippen molar-refractivity contribution in [1.82, 2.24) is 0 Å². The maximum atomic E-state index is 13.4. The number of rotatable bonds is 13. The van der Waals surface area contributed by atoms with Gasteiger partial charge < -0.3 is 14.6 Å². The first-order chi connectivity index (χ1) is 15.3. The number of alkyl halides is 3. The zero-order valence-corrected chi connectivity index (χ0v) is 18.3. The Kier molecular flexibility index (Phi) is 10.5. The van der Waals surface area contributed by atoms with Crippen molar-refractivity contribution < 1.29 is 32.5 Å². The van der Waals surface area contributed by atoms with Crippen LogP contribution < -0.4 is 4.74 Å². The van der Waals surface area contributed by atoms with Gasteiger partial charge in [0.15, 0.2) is 0 Å². The van der Waals surface area contributed by atoms with E-state index in [2.05, 4.69) is 11.7 Å². The van der Waals surface area contributed by atoms with Gasteiger partial charge in [0, 0.05) is 0 Å². The third-order valence-electron chi connectivity index (χ3n) is 5.10. The second-order valence-corrected chi connectivity index (χ2v) is 7.79. The van der Waals surface area contributed by atoms with Gasteiger partial charge in [0.2, 0.25) is 6.10 Å². The van der Waals surface area contributed by atoms with E-state index in [9.17, 15) is 23.1 Å². The van der Waals surface area contributed by atoms with Crippen LogP contribution >= 0.6 is 0 Å². The molecular formula is C25H31F3O4. The Morgan fingerprint density at radius 3 is 2.19 bits per heavy atom. The monoisotopic (exact) mass is 452 g/mol. The number of unbranched alkanes of at least 4 members (excludes halogenated alkanes) is 5. The molecule has 0 amide bonds. The summed E-state index contributed by atoms with van der Waals surface area (Å²) in [4.78, 5) is 12.3. The van der Waals surface area contributed by atoms with Crippen molar-refractivity contribution in [3.8, 4) is 5.75 Å². The lowest BCUT2D eigenvalue weighted by Gasteiger charge is -2.25. The molecule has 2 aromatic rings. The zero-order chi connectivity index (χ0) is 23.4. The molecule has 1 N–H and O–H groups in total. The lowest BCUT2D eigenvalue weighted by molar-refractivity contribution is -0.230. The van der Waals surface area contributed by atoms with Crippen molar-refractivity contribution in [3.05, 3.63) is 65.7 Å². The van der Waals surface area contributed by atoms with Crippen LogP contribution in [0.3, 0.4) is 0 Å². The van der Waals surface area contributed by atoms with E-state index in [0.717, 1.165) is 37.7 Å². The van der Waals surface area contributed by atoms with E-state index in [1.807, 2.05) is 30.3 Å². The highest BCUT2D eigenvalue weighted by Gasteiger charge is 2.47. The summed E-state index contributed by atoms with van der Waals surface area (Å²) in [6, 6.07) is 15.1. The first-order valence-electron chi connectivity index (χ1n) is 11.0. The van der Waals surface area contributed by atoms with Crippen LogP contribution in [0.4, 0.5) is 13.2 Å². The number of hydrogen-bond acceptors (Lipinski definition) is 4. The van der Waals surface area contributed by atoms with Crippen molar-refractivity contribution in [2.45, 2.75) is 76.9 Å². The fraction of sp³-hybridized carbons (Fsp3) is 0.480. The zero-order valence-electron chi connectivity index (χ0n) is 18.3. The number of aliphatic hydroxyl groups excluding tert-OH is 1. The Labute approximate surface area is 187 Å². The predicted molar refractivity (Wildman–Crippen MR) is 116 cm³/mol. The Morgan fingerprint density at radius 2 is 1.56 bits per heavy atom. The van der Waals surface area contributed by atoms with Gasteiger partial charge in [-0.15, -0.1) is 0 Å². The normalized spacial score (nSPS) is 13.4. The summed E-state index contributed by atoms with van der Waals surface area (Å²) < 4.78 is 50.5. The summed E-state index contributed by atoms with van der Waals surface area (Å²) in [6.45, 7) is 2.41. The van der Waals surface area contributed by atoms with E-state index in [0.29, 0.717) is 18.8 Å². The molecule has 32 heavy (non-hydrogen) atoms. The summed E-state index contributed by atoms with van der Waals surface area (Å²) in [5, 5.41) is 10.0. The van der Waals surface area contributed by atoms with E-state index in [-0.39, 0.29) is 12.0 Å². The van der Waals surface area contributed by atoms with Crippen LogP contribution in [-0.4, -0.2) is 29.5 Å². The highest BCUT2D eigenvalue weighted by Crippen LogP contribution is 2.29. The maximum absolute atomic E-state index is 13.4. The minimum absolute atomic E-state index is 0.0434. The van der Waals surface area contributed by atoms with E-state index >= 15 is 0 Å². The van der Waals surface area contributed by atoms with Crippen molar-refractivity contribution in [3.63, 3.8) is 0 Å². The Morgan fingerprint density at radius 1 is 0.938 bits per heavy atom. The quantitative estimate of drug-likeness (QED) is 0.280. The predicted octanol–water partition coefficient (Wildman–Crippen LogP) is 6.46. The molecule has 2 aromatic carbocycles. The molecule has 4 nitrogen and oxygen atoms in total. The minimum Gasteiger partial charge on any atom is -0.489 e. The lowest BCUT2D eigenvalue weighted by atomic mass is 10.0. The molecule has 0 aliphatic rings. The second kappa shape index (κ2) is 13.1. The molecule has 0 fully saturated rings. The topological polar surface area (TPSA) is 55.8 Å². The van der Waals surface area contributed by atoms with E-state index in [4.69, 9.17) is 4.74 Å². The second-order valence-electron chi connectivity index (χ2n) is 7.79. The van der Waals surface area contributed by atoms with Gasteiger partial charge >= 0.3 is 12.1 Å². The Bertz CT molecular complexity index is 791. The molecule has 2 unspecified atom stereocenters. The lowest BCUT2D eigenvalue weighted by Crippen LogP contribution is -2.43. The van der Waals surface area contributed by atoms with Gasteiger partial charge in [-0.1, -0.05) is 75.8 Å². The molecule has 2 rings (SSSR count). The van der Waals surface area contributed by atoms with E-state index < -0.39 is 24.4 Å². The molecular weight excluding hydrogens is 421 g/mol. The number of ether oxygens (including phenoxy) is 2. The molecule has 0 aliphatic carbocycles. The summed E-state index contributed by atoms with van der Waals surface area (Å²) in [5.41, 5.74) is 0.918. The standard InChI is InChI=1S/C25H31F3O4/c1-2-3-4-5-6-10-13-22(29)23(25(26,27)28)32-24(30)20-14-16-21(17-15-20)31-18-19-11-8-7-9-12-19/h7-9,11-12,14-17,22-23,29H,2-6,10,13,18H2,1H3. The van der Waals surface area contributed by atoms with Gasteiger partial charge in [0.1, 0.15) is 18.5 Å². The van der Waals surface area contributed by atoms with Crippen molar-refractivity contribution in [2.75, 3.05) is 0 Å². The van der Waals surface area contributed by atoms with Crippen LogP contribution in [0.2, 0.25) is 0 Å². The Balaban J connectivity index is 1.88. The number of carbonyl (C=O) groups is 1. The summed E-state index contributed by atoms with van der Waals surface area (Å²) in [5.74, 6) is -0.662. The fourth-order valence-corrected chi connectivity index (χ4v) is 3.26. The minimum atomic E-state index is -4.85. The third kappa shape index (κ3) is 8.91. The molecule has 2 atom stereocenters. The number of benzene rings is 2. The fourth-order valence-electron chi connectivity index (χ4n) is 3.26. The highest BCUT2D eigenvalue weighted by atomic mass is 19.4. The first-order valence-corrected chi connectivity index (χ1v) is 11.0. The SMILES string of the molecule is CCCCCCCCC(O)C(OC(=O)c1ccc(OCc2ccccc2)cc1)C(F)(F)F. The van der Waals surface area contributed by atoms with Crippen LogP contribution in [-0.2, 0) is 11.3 Å². The van der Waals surface area contributed by atoms with Gasteiger partial charge in [0.25, 0.3) is 0 Å². The molecule has 0 aliphatic heterocycles. The molecule has 7 heteroatoms. The van der Waals surface area contributed by atoms with Crippen molar-refractivity contribution in [1.29, 1.82) is 0 Å². The smallest absolute Gasteiger partial charge is 0.428 e. The van der Waals surface area contributed by atoms with Crippen LogP contribution in [0.5, 0.6) is 5.75 Å². The molecule has 0 heterocycles. The van der Waals surface area contributed by atoms with Gasteiger partial charge in [0.05, 0.1) is 5.56 Å². The summed E-state index contributed by atoms with van der Waals surface area (Å²) in [7, 11) is 0. The molecule has 0 bridgehead atoms. The number of aliphatic hydroxyl groups is 1. The van der Waals surface area contributed by atoms with Crippen LogP contribution in [0.1, 0.15) is 67.8 Å². The molecule has 0 saturated heterocycles. The van der Waals surface area contributed by atoms with Crippen molar-refractivity contribution >= 4 is 5.97 Å². The van der Waals surface area contributed by atoms with Gasteiger partial charge in [-0.25, -0.2) is 4.79 Å². The van der Waals surface area contributed by atoms with Gasteiger partial charge in [-0.3, -0.25) is 0 Å². The molecule has 0 spiro atoms. The van der Waals surface area contributed by atoms with E-state index in [1.165, 1.54) is 24.3 Å². The van der Waals surface area contributed by atoms with E-state index in [1.54, 1.807) is 0 Å². The number of hydrogen-bond donors (Lipinski definition) is 1. The highest BCUT2D eigenvalue weighted by molar-refractivity contribution is 5.89. The van der Waals surface area contributed by atoms with Gasteiger partial charge in [-0.05, 0) is 36.2 Å². The average molecular weight is 453 g/mol. The number of esters is 1. The largest absolute Gasteiger partial charge is 0.489 e. The molecule has 176 valence electrons. The van der Waals surface area contributed by atoms with Crippen LogP contribution in [0.15, 0.2) is 54.6 Å². The molecule has 0 radical (unpaired) electrons. The van der Waals surface area contributed by atoms with Crippen LogP contribution in [0.25, 0.3) is 0 Å². The number of carbonyl (C=O) groups excluding carboxylic acids is 1. The van der Waals surface area contributed by atoms with Crippen molar-refractivity contribution in [2.24, 2.45) is 0 Å². The maximum Gasteiger partial charge on any atom is 0.428 e. The average Bonchev–Trinajstić information content (AvgIpc) is 2.78. The van der Waals surface area contributed by atoms with Crippen LogP contribution in [0, 0.1) is 0 Å². The molecule has 0 aromatic heterocycles. The van der Waals surface area contributed by atoms with Gasteiger partial charge in [-0.2, -0.15) is 13.2 Å².